The molecule has 1 saturated heterocycles. The van der Waals surface area contributed by atoms with Crippen LogP contribution in [0, 0.1) is 0 Å². The maximum atomic E-state index is 11.9. The first kappa shape index (κ1) is 14.8. The van der Waals surface area contributed by atoms with Gasteiger partial charge in [0.25, 0.3) is 0 Å². The summed E-state index contributed by atoms with van der Waals surface area (Å²) in [6, 6.07) is 7.35. The van der Waals surface area contributed by atoms with Gasteiger partial charge in [-0.05, 0) is 19.9 Å². The van der Waals surface area contributed by atoms with Crippen LogP contribution in [0.2, 0.25) is 0 Å². The van der Waals surface area contributed by atoms with Crippen molar-refractivity contribution in [2.45, 2.75) is 19.4 Å². The van der Waals surface area contributed by atoms with Crippen LogP contribution in [0.25, 0.3) is 0 Å². The van der Waals surface area contributed by atoms with E-state index in [1.54, 1.807) is 6.92 Å². The fourth-order valence-corrected chi connectivity index (χ4v) is 2.58. The molecule has 1 heterocycles. The molecule has 110 valence electrons. The Bertz CT molecular complexity index is 471. The Hall–Kier alpha value is -1.59. The predicted octanol–water partition coefficient (Wildman–Crippen LogP) is 1.72. The Morgan fingerprint density at radius 2 is 2.05 bits per heavy atom. The monoisotopic (exact) mass is 279 g/mol. The number of para-hydroxylation sites is 1. The Morgan fingerprint density at radius 3 is 2.65 bits per heavy atom. The van der Waals surface area contributed by atoms with E-state index in [0.29, 0.717) is 44.2 Å². The van der Waals surface area contributed by atoms with E-state index < -0.39 is 11.5 Å². The summed E-state index contributed by atoms with van der Waals surface area (Å²) in [5.41, 5.74) is -0.411. The molecular weight excluding hydrogens is 258 g/mol. The molecule has 5 heteroatoms. The van der Waals surface area contributed by atoms with Crippen molar-refractivity contribution >= 4 is 5.97 Å². The largest absolute Gasteiger partial charge is 0.494 e. The fraction of sp³-hybridized carbons (Fsp3) is 0.533. The third kappa shape index (κ3) is 2.64. The molecule has 0 saturated carbocycles. The van der Waals surface area contributed by atoms with E-state index in [2.05, 4.69) is 0 Å². The molecule has 1 atom stereocenters. The van der Waals surface area contributed by atoms with Crippen LogP contribution in [-0.2, 0) is 15.1 Å². The smallest absolute Gasteiger partial charge is 0.328 e. The van der Waals surface area contributed by atoms with Crippen molar-refractivity contribution < 1.29 is 19.4 Å². The molecule has 1 aliphatic heterocycles. The van der Waals surface area contributed by atoms with Gasteiger partial charge in [-0.2, -0.15) is 0 Å². The molecule has 0 aliphatic carbocycles. The molecule has 0 bridgehead atoms. The molecule has 0 spiro atoms. The number of hydrogen-bond donors (Lipinski definition) is 1. The van der Waals surface area contributed by atoms with Crippen molar-refractivity contribution in [3.8, 4) is 5.75 Å². The first-order chi connectivity index (χ1) is 9.60. The number of aliphatic carboxylic acids is 1. The van der Waals surface area contributed by atoms with E-state index in [0.717, 1.165) is 0 Å². The average molecular weight is 279 g/mol. The maximum Gasteiger partial charge on any atom is 0.328 e. The second-order valence-corrected chi connectivity index (χ2v) is 4.91. The van der Waals surface area contributed by atoms with Crippen LogP contribution in [0.5, 0.6) is 5.75 Å². The Balaban J connectivity index is 2.44. The molecule has 1 aromatic rings. The number of carboxylic acid groups (broad SMARTS) is 1. The molecular formula is C15H21NO4. The first-order valence-electron chi connectivity index (χ1n) is 6.89. The second kappa shape index (κ2) is 6.24. The topological polar surface area (TPSA) is 59.0 Å². The van der Waals surface area contributed by atoms with Gasteiger partial charge < -0.3 is 14.6 Å². The van der Waals surface area contributed by atoms with Crippen molar-refractivity contribution in [3.05, 3.63) is 29.8 Å². The standard InChI is InChI=1S/C15H21NO4/c1-3-20-13-7-5-4-6-12(13)15(2,14(17)18)16-8-10-19-11-9-16/h4-7H,3,8-11H2,1-2H3,(H,17,18). The van der Waals surface area contributed by atoms with Gasteiger partial charge in [-0.15, -0.1) is 0 Å². The minimum Gasteiger partial charge on any atom is -0.494 e. The van der Waals surface area contributed by atoms with E-state index in [9.17, 15) is 9.90 Å². The van der Waals surface area contributed by atoms with E-state index in [-0.39, 0.29) is 0 Å². The quantitative estimate of drug-likeness (QED) is 0.889. The minimum atomic E-state index is -1.10. The highest BCUT2D eigenvalue weighted by atomic mass is 16.5. The number of rotatable bonds is 5. The number of carbonyl (C=O) groups is 1. The van der Waals surface area contributed by atoms with Crippen molar-refractivity contribution in [1.29, 1.82) is 0 Å². The Labute approximate surface area is 119 Å². The highest BCUT2D eigenvalue weighted by Crippen LogP contribution is 2.35. The van der Waals surface area contributed by atoms with E-state index in [4.69, 9.17) is 9.47 Å². The fourth-order valence-electron chi connectivity index (χ4n) is 2.58. The van der Waals surface area contributed by atoms with Gasteiger partial charge in [0.05, 0.1) is 19.8 Å². The molecule has 1 aliphatic rings. The normalized spacial score (nSPS) is 19.3. The second-order valence-electron chi connectivity index (χ2n) is 4.91. The summed E-state index contributed by atoms with van der Waals surface area (Å²) in [5.74, 6) is -0.238. The summed E-state index contributed by atoms with van der Waals surface area (Å²) >= 11 is 0. The van der Waals surface area contributed by atoms with E-state index in [1.165, 1.54) is 0 Å². The number of hydrogen-bond acceptors (Lipinski definition) is 4. The molecule has 1 unspecified atom stereocenters. The number of morpholine rings is 1. The Morgan fingerprint density at radius 1 is 1.40 bits per heavy atom. The van der Waals surface area contributed by atoms with Crippen LogP contribution in [0.15, 0.2) is 24.3 Å². The third-order valence-corrected chi connectivity index (χ3v) is 3.77. The van der Waals surface area contributed by atoms with Crippen LogP contribution < -0.4 is 4.74 Å². The number of benzene rings is 1. The van der Waals surface area contributed by atoms with Crippen LogP contribution in [-0.4, -0.2) is 48.9 Å². The Kier molecular flexibility index (Phi) is 4.62. The van der Waals surface area contributed by atoms with Crippen LogP contribution in [0.1, 0.15) is 19.4 Å². The van der Waals surface area contributed by atoms with E-state index >= 15 is 0 Å². The number of nitrogens with zero attached hydrogens (tertiary/aromatic N) is 1. The summed E-state index contributed by atoms with van der Waals surface area (Å²) in [5, 5.41) is 9.79. The summed E-state index contributed by atoms with van der Waals surface area (Å²) in [7, 11) is 0. The van der Waals surface area contributed by atoms with Gasteiger partial charge in [0.15, 0.2) is 0 Å². The molecule has 1 aromatic carbocycles. The number of carboxylic acids is 1. The van der Waals surface area contributed by atoms with Gasteiger partial charge in [0, 0.05) is 18.7 Å². The van der Waals surface area contributed by atoms with Crippen LogP contribution >= 0.6 is 0 Å². The maximum absolute atomic E-state index is 11.9. The molecule has 0 aromatic heterocycles. The lowest BCUT2D eigenvalue weighted by Gasteiger charge is -2.40. The van der Waals surface area contributed by atoms with Gasteiger partial charge in [-0.1, -0.05) is 18.2 Å². The van der Waals surface area contributed by atoms with E-state index in [1.807, 2.05) is 36.1 Å². The lowest BCUT2D eigenvalue weighted by Crippen LogP contribution is -2.54. The van der Waals surface area contributed by atoms with Gasteiger partial charge in [0.1, 0.15) is 11.3 Å². The lowest BCUT2D eigenvalue weighted by molar-refractivity contribution is -0.154. The molecule has 1 fully saturated rings. The van der Waals surface area contributed by atoms with Crippen LogP contribution in [0.4, 0.5) is 0 Å². The lowest BCUT2D eigenvalue weighted by atomic mass is 9.88. The molecule has 5 nitrogen and oxygen atoms in total. The van der Waals surface area contributed by atoms with Gasteiger partial charge in [0.2, 0.25) is 0 Å². The van der Waals surface area contributed by atoms with Crippen LogP contribution in [0.3, 0.4) is 0 Å². The molecule has 2 rings (SSSR count). The van der Waals surface area contributed by atoms with Crippen molar-refractivity contribution in [2.75, 3.05) is 32.9 Å². The summed E-state index contributed by atoms with van der Waals surface area (Å²) in [6.45, 7) is 6.45. The predicted molar refractivity (Wildman–Crippen MR) is 75.0 cm³/mol. The summed E-state index contributed by atoms with van der Waals surface area (Å²) in [6.07, 6.45) is 0. The van der Waals surface area contributed by atoms with Crippen molar-refractivity contribution in [2.24, 2.45) is 0 Å². The van der Waals surface area contributed by atoms with Crippen molar-refractivity contribution in [1.82, 2.24) is 4.90 Å². The third-order valence-electron chi connectivity index (χ3n) is 3.77. The first-order valence-corrected chi connectivity index (χ1v) is 6.89. The zero-order chi connectivity index (χ0) is 14.6. The zero-order valence-corrected chi connectivity index (χ0v) is 12.0. The SMILES string of the molecule is CCOc1ccccc1C(C)(C(=O)O)N1CCOCC1. The minimum absolute atomic E-state index is 0.510. The van der Waals surface area contributed by atoms with Gasteiger partial charge >= 0.3 is 5.97 Å². The zero-order valence-electron chi connectivity index (χ0n) is 12.0. The average Bonchev–Trinajstić information content (AvgIpc) is 2.48. The molecule has 0 radical (unpaired) electrons. The molecule has 0 amide bonds. The van der Waals surface area contributed by atoms with Gasteiger partial charge in [-0.3, -0.25) is 4.90 Å². The molecule has 20 heavy (non-hydrogen) atoms. The van der Waals surface area contributed by atoms with Crippen molar-refractivity contribution in [3.63, 3.8) is 0 Å². The summed E-state index contributed by atoms with van der Waals surface area (Å²) < 4.78 is 10.9. The summed E-state index contributed by atoms with van der Waals surface area (Å²) in [4.78, 5) is 13.9. The highest BCUT2D eigenvalue weighted by Gasteiger charge is 2.43. The number of ether oxygens (including phenoxy) is 2. The molecule has 1 N–H and O–H groups in total. The highest BCUT2D eigenvalue weighted by molar-refractivity contribution is 5.81. The van der Waals surface area contributed by atoms with Gasteiger partial charge in [-0.25, -0.2) is 4.79 Å².